The number of nitrogens with one attached hydrogen (secondary N) is 1. The second-order valence-corrected chi connectivity index (χ2v) is 7.85. The topological polar surface area (TPSA) is 114 Å². The molecule has 2 atom stereocenters. The maximum absolute atomic E-state index is 12.2. The van der Waals surface area contributed by atoms with Crippen LogP contribution in [0.3, 0.4) is 0 Å². The number of carbonyl (C=O) groups excluding carboxylic acids is 1. The quantitative estimate of drug-likeness (QED) is 0.864. The molecule has 1 fully saturated rings. The van der Waals surface area contributed by atoms with Crippen molar-refractivity contribution >= 4 is 21.7 Å². The highest BCUT2D eigenvalue weighted by molar-refractivity contribution is 7.90. The predicted molar refractivity (Wildman–Crippen MR) is 77.3 cm³/mol. The lowest BCUT2D eigenvalue weighted by Gasteiger charge is -2.39. The van der Waals surface area contributed by atoms with Crippen LogP contribution in [0.4, 0.5) is 0 Å². The molecule has 122 valence electrons. The summed E-state index contributed by atoms with van der Waals surface area (Å²) in [5.74, 6) is -2.37. The molecule has 1 aliphatic rings. The van der Waals surface area contributed by atoms with Crippen molar-refractivity contribution in [3.05, 3.63) is 17.9 Å². The summed E-state index contributed by atoms with van der Waals surface area (Å²) in [7, 11) is -3.53. The monoisotopic (exact) mass is 329 g/mol. The van der Waals surface area contributed by atoms with Gasteiger partial charge >= 0.3 is 5.97 Å². The summed E-state index contributed by atoms with van der Waals surface area (Å²) in [6.07, 6.45) is 3.67. The number of hydrogen-bond acceptors (Lipinski definition) is 5. The van der Waals surface area contributed by atoms with E-state index in [0.29, 0.717) is 12.8 Å². The van der Waals surface area contributed by atoms with Crippen molar-refractivity contribution in [2.45, 2.75) is 43.2 Å². The molecule has 2 N–H and O–H groups in total. The number of amides is 1. The number of furan rings is 1. The number of sulfone groups is 1. The first-order valence-corrected chi connectivity index (χ1v) is 8.88. The predicted octanol–water partition coefficient (Wildman–Crippen LogP) is 1.45. The second-order valence-electron chi connectivity index (χ2n) is 5.90. The Morgan fingerprint density at radius 3 is 2.59 bits per heavy atom. The van der Waals surface area contributed by atoms with Crippen molar-refractivity contribution in [3.63, 3.8) is 0 Å². The fraction of sp³-hybridized carbons (Fsp3) is 0.571. The van der Waals surface area contributed by atoms with Crippen LogP contribution in [0.15, 0.2) is 21.6 Å². The van der Waals surface area contributed by atoms with Crippen molar-refractivity contribution in [2.75, 3.05) is 6.26 Å². The van der Waals surface area contributed by atoms with Gasteiger partial charge in [0.2, 0.25) is 14.9 Å². The van der Waals surface area contributed by atoms with E-state index < -0.39 is 33.2 Å². The molecule has 7 nitrogen and oxygen atoms in total. The van der Waals surface area contributed by atoms with Gasteiger partial charge in [-0.15, -0.1) is 0 Å². The van der Waals surface area contributed by atoms with Gasteiger partial charge in [-0.25, -0.2) is 8.42 Å². The number of carbonyl (C=O) groups is 2. The van der Waals surface area contributed by atoms with Gasteiger partial charge in [-0.2, -0.15) is 0 Å². The van der Waals surface area contributed by atoms with Crippen molar-refractivity contribution in [1.29, 1.82) is 0 Å². The van der Waals surface area contributed by atoms with Gasteiger partial charge < -0.3 is 14.8 Å². The van der Waals surface area contributed by atoms with E-state index in [-0.39, 0.29) is 10.9 Å². The van der Waals surface area contributed by atoms with E-state index in [1.54, 1.807) is 6.92 Å². The van der Waals surface area contributed by atoms with Gasteiger partial charge in [-0.1, -0.05) is 12.8 Å². The minimum absolute atomic E-state index is 0.142. The van der Waals surface area contributed by atoms with Crippen molar-refractivity contribution in [1.82, 2.24) is 5.32 Å². The average Bonchev–Trinajstić information content (AvgIpc) is 2.87. The van der Waals surface area contributed by atoms with Crippen LogP contribution in [0, 0.1) is 5.92 Å². The molecule has 22 heavy (non-hydrogen) atoms. The SMILES string of the molecule is C[C@@]1(NC(=O)c2ccc(S(C)(=O)=O)o2)CCCC[C@@H]1C(=O)O. The summed E-state index contributed by atoms with van der Waals surface area (Å²) in [5, 5.41) is 11.7. The molecule has 1 amide bonds. The average molecular weight is 329 g/mol. The standard InChI is InChI=1S/C14H19NO6S/c1-14(8-4-3-5-9(14)13(17)18)15-12(16)10-6-7-11(21-10)22(2,19)20/h6-7,9H,3-5,8H2,1-2H3,(H,15,16)(H,17,18)/t9-,14-/m1/s1. The van der Waals surface area contributed by atoms with Gasteiger partial charge in [0.05, 0.1) is 11.5 Å². The van der Waals surface area contributed by atoms with Crippen LogP contribution < -0.4 is 5.32 Å². The lowest BCUT2D eigenvalue weighted by molar-refractivity contribution is -0.145. The zero-order chi connectivity index (χ0) is 16.5. The minimum Gasteiger partial charge on any atom is -0.481 e. The lowest BCUT2D eigenvalue weighted by Crippen LogP contribution is -2.55. The van der Waals surface area contributed by atoms with Crippen molar-refractivity contribution < 1.29 is 27.5 Å². The van der Waals surface area contributed by atoms with E-state index in [1.807, 2.05) is 0 Å². The molecule has 8 heteroatoms. The molecule has 1 aromatic rings. The van der Waals surface area contributed by atoms with Gasteiger partial charge in [-0.05, 0) is 31.9 Å². The Bertz CT molecular complexity index is 692. The maximum atomic E-state index is 12.2. The van der Waals surface area contributed by atoms with Crippen LogP contribution in [0.1, 0.15) is 43.2 Å². The van der Waals surface area contributed by atoms with Gasteiger partial charge in [0, 0.05) is 6.26 Å². The normalized spacial score (nSPS) is 25.6. The number of rotatable bonds is 4. The fourth-order valence-corrected chi connectivity index (χ4v) is 3.40. The third-order valence-corrected chi connectivity index (χ3v) is 5.03. The van der Waals surface area contributed by atoms with E-state index in [1.165, 1.54) is 12.1 Å². The van der Waals surface area contributed by atoms with Gasteiger partial charge in [-0.3, -0.25) is 9.59 Å². The molecule has 0 saturated heterocycles. The van der Waals surface area contributed by atoms with E-state index in [4.69, 9.17) is 4.42 Å². The molecule has 1 heterocycles. The molecule has 1 aromatic heterocycles. The summed E-state index contributed by atoms with van der Waals surface area (Å²) >= 11 is 0. The summed E-state index contributed by atoms with van der Waals surface area (Å²) in [5.41, 5.74) is -0.876. The zero-order valence-corrected chi connectivity index (χ0v) is 13.3. The van der Waals surface area contributed by atoms with E-state index in [0.717, 1.165) is 19.1 Å². The Morgan fingerprint density at radius 1 is 1.36 bits per heavy atom. The molecule has 1 aliphatic carbocycles. The zero-order valence-electron chi connectivity index (χ0n) is 12.5. The van der Waals surface area contributed by atoms with Crippen LogP contribution in [0.5, 0.6) is 0 Å². The highest BCUT2D eigenvalue weighted by Gasteiger charge is 2.42. The molecular weight excluding hydrogens is 310 g/mol. The third kappa shape index (κ3) is 3.32. The molecule has 0 radical (unpaired) electrons. The van der Waals surface area contributed by atoms with Gasteiger partial charge in [0.25, 0.3) is 5.91 Å². The Balaban J connectivity index is 2.20. The fourth-order valence-electron chi connectivity index (χ4n) is 2.84. The van der Waals surface area contributed by atoms with Crippen LogP contribution in [0.2, 0.25) is 0 Å². The first-order valence-electron chi connectivity index (χ1n) is 6.99. The molecule has 0 unspecified atom stereocenters. The Hall–Kier alpha value is -1.83. The van der Waals surface area contributed by atoms with Crippen molar-refractivity contribution in [2.24, 2.45) is 5.92 Å². The van der Waals surface area contributed by atoms with Crippen LogP contribution in [-0.4, -0.2) is 37.2 Å². The molecule has 0 aromatic carbocycles. The number of aliphatic carboxylic acids is 1. The Labute approximate surface area is 128 Å². The number of hydrogen-bond donors (Lipinski definition) is 2. The summed E-state index contributed by atoms with van der Waals surface area (Å²) in [6.45, 7) is 1.70. The second kappa shape index (κ2) is 5.75. The summed E-state index contributed by atoms with van der Waals surface area (Å²) in [4.78, 5) is 23.6. The van der Waals surface area contributed by atoms with Gasteiger partial charge in [0.15, 0.2) is 5.76 Å². The van der Waals surface area contributed by atoms with Crippen LogP contribution >= 0.6 is 0 Å². The van der Waals surface area contributed by atoms with E-state index in [9.17, 15) is 23.1 Å². The van der Waals surface area contributed by atoms with Crippen LogP contribution in [-0.2, 0) is 14.6 Å². The number of carboxylic acids is 1. The summed E-state index contributed by atoms with van der Waals surface area (Å²) < 4.78 is 27.8. The third-order valence-electron chi connectivity index (χ3n) is 4.08. The smallest absolute Gasteiger partial charge is 0.308 e. The molecule has 1 saturated carbocycles. The Kier molecular flexibility index (Phi) is 4.32. The summed E-state index contributed by atoms with van der Waals surface area (Å²) in [6, 6.07) is 2.48. The van der Waals surface area contributed by atoms with E-state index in [2.05, 4.69) is 5.32 Å². The molecule has 0 bridgehead atoms. The molecule has 2 rings (SSSR count). The maximum Gasteiger partial charge on any atom is 0.308 e. The van der Waals surface area contributed by atoms with Crippen LogP contribution in [0.25, 0.3) is 0 Å². The van der Waals surface area contributed by atoms with Gasteiger partial charge in [0.1, 0.15) is 0 Å². The van der Waals surface area contributed by atoms with E-state index >= 15 is 0 Å². The first kappa shape index (κ1) is 16.5. The molecule has 0 aliphatic heterocycles. The molecule has 0 spiro atoms. The molecular formula is C14H19NO6S. The van der Waals surface area contributed by atoms with Crippen molar-refractivity contribution in [3.8, 4) is 0 Å². The largest absolute Gasteiger partial charge is 0.481 e. The highest BCUT2D eigenvalue weighted by Crippen LogP contribution is 2.34. The highest BCUT2D eigenvalue weighted by atomic mass is 32.2. The number of carboxylic acid groups (broad SMARTS) is 1. The first-order chi connectivity index (χ1) is 10.1. The Morgan fingerprint density at radius 2 is 2.05 bits per heavy atom. The lowest BCUT2D eigenvalue weighted by atomic mass is 9.74. The minimum atomic E-state index is -3.53.